The monoisotopic (exact) mass is 430 g/mol. The summed E-state index contributed by atoms with van der Waals surface area (Å²) in [6.07, 6.45) is 3.53. The van der Waals surface area contributed by atoms with Crippen molar-refractivity contribution in [2.24, 2.45) is 0 Å². The standard InChI is InChI=1S/C25H26N4O3/c1-2-3-13-29-24(31)18-11-10-16(14-19(18)25(29)32)23(30)28-12-6-7-17(15-28)22-26-20-8-4-5-9-21(20)27-22/h4-5,8-11,14,17H,2-3,6-7,12-13,15H2,1H3,(H,26,27). The lowest BCUT2D eigenvalue weighted by atomic mass is 9.96. The molecule has 5 rings (SSSR count). The summed E-state index contributed by atoms with van der Waals surface area (Å²) in [5.41, 5.74) is 3.11. The first kappa shape index (κ1) is 20.4. The molecule has 3 amide bonds. The molecule has 3 heterocycles. The molecule has 0 saturated carbocycles. The largest absolute Gasteiger partial charge is 0.342 e. The van der Waals surface area contributed by atoms with Crippen LogP contribution in [-0.2, 0) is 0 Å². The summed E-state index contributed by atoms with van der Waals surface area (Å²) in [7, 11) is 0. The zero-order chi connectivity index (χ0) is 22.2. The second-order valence-electron chi connectivity index (χ2n) is 8.61. The number of unbranched alkanes of at least 4 members (excludes halogenated alkanes) is 1. The number of likely N-dealkylation sites (tertiary alicyclic amines) is 1. The lowest BCUT2D eigenvalue weighted by molar-refractivity contribution is 0.0651. The highest BCUT2D eigenvalue weighted by molar-refractivity contribution is 6.22. The van der Waals surface area contributed by atoms with Crippen LogP contribution < -0.4 is 0 Å². The molecular formula is C25H26N4O3. The van der Waals surface area contributed by atoms with Crippen LogP contribution in [0.25, 0.3) is 11.0 Å². The second-order valence-corrected chi connectivity index (χ2v) is 8.61. The second kappa shape index (κ2) is 8.22. The number of amides is 3. The lowest BCUT2D eigenvalue weighted by Gasteiger charge is -2.32. The van der Waals surface area contributed by atoms with E-state index in [9.17, 15) is 14.4 Å². The summed E-state index contributed by atoms with van der Waals surface area (Å²) in [6, 6.07) is 12.8. The summed E-state index contributed by atoms with van der Waals surface area (Å²) in [6.45, 7) is 3.68. The number of hydrogen-bond donors (Lipinski definition) is 1. The number of piperidine rings is 1. The summed E-state index contributed by atoms with van der Waals surface area (Å²) in [5, 5.41) is 0. The van der Waals surface area contributed by atoms with Gasteiger partial charge in [-0.3, -0.25) is 19.3 Å². The Hall–Kier alpha value is -3.48. The van der Waals surface area contributed by atoms with Crippen molar-refractivity contribution in [3.05, 3.63) is 65.0 Å². The van der Waals surface area contributed by atoms with Crippen LogP contribution in [0.15, 0.2) is 42.5 Å². The Bertz CT molecular complexity index is 1180. The van der Waals surface area contributed by atoms with Crippen molar-refractivity contribution in [3.63, 3.8) is 0 Å². The summed E-state index contributed by atoms with van der Waals surface area (Å²) in [5.74, 6) is 0.375. The van der Waals surface area contributed by atoms with Crippen LogP contribution in [0.3, 0.4) is 0 Å². The van der Waals surface area contributed by atoms with Gasteiger partial charge >= 0.3 is 0 Å². The van der Waals surface area contributed by atoms with Crippen molar-refractivity contribution in [3.8, 4) is 0 Å². The lowest BCUT2D eigenvalue weighted by Crippen LogP contribution is -2.39. The average molecular weight is 431 g/mol. The van der Waals surface area contributed by atoms with Gasteiger partial charge < -0.3 is 9.88 Å². The van der Waals surface area contributed by atoms with Gasteiger partial charge in [-0.05, 0) is 49.6 Å². The van der Waals surface area contributed by atoms with Gasteiger partial charge in [-0.2, -0.15) is 0 Å². The van der Waals surface area contributed by atoms with Crippen LogP contribution in [0, 0.1) is 0 Å². The first-order chi connectivity index (χ1) is 15.6. The summed E-state index contributed by atoms with van der Waals surface area (Å²) in [4.78, 5) is 49.8. The molecule has 2 aliphatic rings. The maximum Gasteiger partial charge on any atom is 0.261 e. The molecule has 1 fully saturated rings. The molecule has 1 aromatic heterocycles. The minimum Gasteiger partial charge on any atom is -0.342 e. The molecular weight excluding hydrogens is 404 g/mol. The molecule has 1 atom stereocenters. The number of imide groups is 1. The van der Waals surface area contributed by atoms with Crippen molar-refractivity contribution in [2.45, 2.75) is 38.5 Å². The third-order valence-corrected chi connectivity index (χ3v) is 6.46. The maximum absolute atomic E-state index is 13.3. The minimum absolute atomic E-state index is 0.110. The van der Waals surface area contributed by atoms with E-state index in [1.165, 1.54) is 4.90 Å². The van der Waals surface area contributed by atoms with Crippen molar-refractivity contribution in [1.29, 1.82) is 0 Å². The van der Waals surface area contributed by atoms with Crippen LogP contribution in [0.2, 0.25) is 0 Å². The Balaban J connectivity index is 1.35. The van der Waals surface area contributed by atoms with Gasteiger partial charge in [0.1, 0.15) is 5.82 Å². The SMILES string of the molecule is CCCCN1C(=O)c2ccc(C(=O)N3CCCC(c4nc5ccccc5[nH]4)C3)cc2C1=O. The van der Waals surface area contributed by atoms with E-state index in [4.69, 9.17) is 4.98 Å². The van der Waals surface area contributed by atoms with E-state index in [2.05, 4.69) is 4.98 Å². The molecule has 32 heavy (non-hydrogen) atoms. The van der Waals surface area contributed by atoms with Crippen LogP contribution in [0.1, 0.15) is 75.4 Å². The Labute approximate surface area is 186 Å². The van der Waals surface area contributed by atoms with Crippen LogP contribution in [0.5, 0.6) is 0 Å². The van der Waals surface area contributed by atoms with Gasteiger partial charge in [0.05, 0.1) is 22.2 Å². The molecule has 0 bridgehead atoms. The normalized spacial score (nSPS) is 18.5. The predicted octanol–water partition coefficient (Wildman–Crippen LogP) is 3.98. The number of imidazole rings is 1. The Morgan fingerprint density at radius 1 is 1.12 bits per heavy atom. The fraction of sp³-hybridized carbons (Fsp3) is 0.360. The predicted molar refractivity (Wildman–Crippen MR) is 121 cm³/mol. The molecule has 0 spiro atoms. The molecule has 7 nitrogen and oxygen atoms in total. The minimum atomic E-state index is -0.299. The third kappa shape index (κ3) is 3.47. The van der Waals surface area contributed by atoms with Crippen LogP contribution in [0.4, 0.5) is 0 Å². The van der Waals surface area contributed by atoms with Gasteiger partial charge in [-0.15, -0.1) is 0 Å². The molecule has 1 N–H and O–H groups in total. The van der Waals surface area contributed by atoms with Gasteiger partial charge in [0.15, 0.2) is 0 Å². The molecule has 7 heteroatoms. The smallest absolute Gasteiger partial charge is 0.261 e. The van der Waals surface area contributed by atoms with E-state index in [0.29, 0.717) is 36.3 Å². The highest BCUT2D eigenvalue weighted by Crippen LogP contribution is 2.29. The van der Waals surface area contributed by atoms with E-state index in [-0.39, 0.29) is 23.6 Å². The maximum atomic E-state index is 13.3. The van der Waals surface area contributed by atoms with Gasteiger partial charge in [0, 0.05) is 31.1 Å². The zero-order valence-electron chi connectivity index (χ0n) is 18.1. The number of aromatic amines is 1. The number of fused-ring (bicyclic) bond motifs is 2. The van der Waals surface area contributed by atoms with Gasteiger partial charge in [-0.1, -0.05) is 25.5 Å². The van der Waals surface area contributed by atoms with E-state index in [1.807, 2.05) is 36.1 Å². The zero-order valence-corrected chi connectivity index (χ0v) is 18.1. The number of para-hydroxylation sites is 2. The fourth-order valence-corrected chi connectivity index (χ4v) is 4.68. The number of rotatable bonds is 5. The van der Waals surface area contributed by atoms with Crippen molar-refractivity contribution in [2.75, 3.05) is 19.6 Å². The number of nitrogens with one attached hydrogen (secondary N) is 1. The third-order valence-electron chi connectivity index (χ3n) is 6.46. The van der Waals surface area contributed by atoms with Crippen molar-refractivity contribution < 1.29 is 14.4 Å². The first-order valence-corrected chi connectivity index (χ1v) is 11.3. The van der Waals surface area contributed by atoms with Crippen molar-refractivity contribution in [1.82, 2.24) is 19.8 Å². The molecule has 1 saturated heterocycles. The molecule has 0 radical (unpaired) electrons. The number of benzene rings is 2. The molecule has 2 aromatic carbocycles. The molecule has 2 aliphatic heterocycles. The van der Waals surface area contributed by atoms with E-state index in [1.54, 1.807) is 18.2 Å². The Morgan fingerprint density at radius 3 is 2.75 bits per heavy atom. The number of carbonyl (C=O) groups excluding carboxylic acids is 3. The quantitative estimate of drug-likeness (QED) is 0.621. The molecule has 1 unspecified atom stereocenters. The highest BCUT2D eigenvalue weighted by Gasteiger charge is 2.36. The first-order valence-electron chi connectivity index (χ1n) is 11.3. The van der Waals surface area contributed by atoms with E-state index >= 15 is 0 Å². The van der Waals surface area contributed by atoms with Crippen molar-refractivity contribution >= 4 is 28.8 Å². The number of carbonyl (C=O) groups is 3. The highest BCUT2D eigenvalue weighted by atomic mass is 16.2. The number of hydrogen-bond acceptors (Lipinski definition) is 4. The fourth-order valence-electron chi connectivity index (χ4n) is 4.68. The van der Waals surface area contributed by atoms with Gasteiger partial charge in [-0.25, -0.2) is 4.98 Å². The summed E-state index contributed by atoms with van der Waals surface area (Å²) < 4.78 is 0. The number of nitrogens with zero attached hydrogens (tertiary/aromatic N) is 3. The molecule has 0 aliphatic carbocycles. The van der Waals surface area contributed by atoms with Crippen LogP contribution in [-0.4, -0.2) is 57.1 Å². The van der Waals surface area contributed by atoms with Gasteiger partial charge in [0.2, 0.25) is 0 Å². The average Bonchev–Trinajstić information content (AvgIpc) is 3.36. The van der Waals surface area contributed by atoms with Crippen LogP contribution >= 0.6 is 0 Å². The van der Waals surface area contributed by atoms with E-state index in [0.717, 1.165) is 42.5 Å². The number of H-pyrrole nitrogens is 1. The van der Waals surface area contributed by atoms with E-state index < -0.39 is 0 Å². The number of aromatic nitrogens is 2. The Kier molecular flexibility index (Phi) is 5.25. The topological polar surface area (TPSA) is 86.4 Å². The molecule has 3 aromatic rings. The Morgan fingerprint density at radius 2 is 1.94 bits per heavy atom. The van der Waals surface area contributed by atoms with Gasteiger partial charge in [0.25, 0.3) is 17.7 Å². The molecule has 164 valence electrons. The summed E-state index contributed by atoms with van der Waals surface area (Å²) >= 11 is 0.